The highest BCUT2D eigenvalue weighted by Crippen LogP contribution is 2.22. The number of carbonyl (C=O) groups excluding carboxylic acids is 2. The van der Waals surface area contributed by atoms with E-state index in [2.05, 4.69) is 15.5 Å². The Morgan fingerprint density at radius 3 is 2.71 bits per heavy atom. The van der Waals surface area contributed by atoms with E-state index in [-0.39, 0.29) is 18.4 Å². The van der Waals surface area contributed by atoms with Crippen LogP contribution >= 0.6 is 0 Å². The van der Waals surface area contributed by atoms with Crippen LogP contribution in [0.1, 0.15) is 16.8 Å². The molecule has 8 nitrogen and oxygen atoms in total. The largest absolute Gasteiger partial charge is 0.399 e. The first-order chi connectivity index (χ1) is 13.6. The van der Waals surface area contributed by atoms with Gasteiger partial charge >= 0.3 is 0 Å². The molecule has 2 aromatic rings. The van der Waals surface area contributed by atoms with E-state index >= 15 is 0 Å². The lowest BCUT2D eigenvalue weighted by atomic mass is 10.1. The van der Waals surface area contributed by atoms with Crippen molar-refractivity contribution in [2.75, 3.05) is 26.7 Å². The molecular weight excluding hydrogens is 358 g/mol. The minimum absolute atomic E-state index is 0.234. The maximum absolute atomic E-state index is 13.0. The summed E-state index contributed by atoms with van der Waals surface area (Å²) in [6.45, 7) is 0.933. The van der Waals surface area contributed by atoms with E-state index in [1.807, 2.05) is 30.3 Å². The summed E-state index contributed by atoms with van der Waals surface area (Å²) in [6.07, 6.45) is 2.06. The van der Waals surface area contributed by atoms with Crippen LogP contribution in [0.25, 0.3) is 11.3 Å². The fraction of sp³-hybridized carbons (Fsp3) is 0.300. The number of rotatable bonds is 6. The summed E-state index contributed by atoms with van der Waals surface area (Å²) < 4.78 is 0. The van der Waals surface area contributed by atoms with Gasteiger partial charge in [-0.2, -0.15) is 0 Å². The summed E-state index contributed by atoms with van der Waals surface area (Å²) in [5.41, 5.74) is 8.34. The third-order valence-electron chi connectivity index (χ3n) is 4.48. The summed E-state index contributed by atoms with van der Waals surface area (Å²) in [7, 11) is 1.44. The third-order valence-corrected chi connectivity index (χ3v) is 4.48. The summed E-state index contributed by atoms with van der Waals surface area (Å²) in [5.74, 6) is -0.480. The number of hydrogen-bond acceptors (Lipinski definition) is 6. The highest BCUT2D eigenvalue weighted by atomic mass is 16.6. The Bertz CT molecular complexity index is 852. The minimum atomic E-state index is -0.636. The zero-order chi connectivity index (χ0) is 19.9. The van der Waals surface area contributed by atoms with E-state index in [9.17, 15) is 9.59 Å². The molecule has 0 spiro atoms. The molecule has 3 N–H and O–H groups in total. The number of carbonyl (C=O) groups is 2. The van der Waals surface area contributed by atoms with Crippen molar-refractivity contribution in [1.82, 2.24) is 15.2 Å². The predicted molar refractivity (Wildman–Crippen MR) is 106 cm³/mol. The van der Waals surface area contributed by atoms with Gasteiger partial charge in [0, 0.05) is 36.8 Å². The Morgan fingerprint density at radius 1 is 1.29 bits per heavy atom. The van der Waals surface area contributed by atoms with E-state index in [4.69, 9.17) is 10.6 Å². The maximum Gasteiger partial charge on any atom is 0.254 e. The lowest BCUT2D eigenvalue weighted by Crippen LogP contribution is -2.46. The van der Waals surface area contributed by atoms with Crippen LogP contribution < -0.4 is 11.1 Å². The van der Waals surface area contributed by atoms with Crippen LogP contribution in [0.15, 0.2) is 53.8 Å². The van der Waals surface area contributed by atoms with Gasteiger partial charge in [-0.3, -0.25) is 14.6 Å². The van der Waals surface area contributed by atoms with Gasteiger partial charge in [-0.15, -0.1) is 0 Å². The number of hydrogen-bond donors (Lipinski definition) is 2. The molecule has 0 unspecified atom stereocenters. The SMILES string of the molecule is CO/N=C1\C[C@@H](C(=O)NCCN)N(C(=O)c2ccc(-c3ccccn3)cc2)C1. The normalized spacial score (nSPS) is 17.6. The first-order valence-electron chi connectivity index (χ1n) is 9.03. The summed E-state index contributed by atoms with van der Waals surface area (Å²) in [4.78, 5) is 36.2. The molecule has 28 heavy (non-hydrogen) atoms. The number of nitrogens with two attached hydrogens (primary N) is 1. The van der Waals surface area contributed by atoms with Crippen LogP contribution in [0.3, 0.4) is 0 Å². The van der Waals surface area contributed by atoms with E-state index in [0.29, 0.717) is 30.8 Å². The molecule has 1 saturated heterocycles. The molecule has 0 radical (unpaired) electrons. The average molecular weight is 381 g/mol. The van der Waals surface area contributed by atoms with Crippen LogP contribution in [-0.4, -0.2) is 60.2 Å². The van der Waals surface area contributed by atoms with Gasteiger partial charge in [-0.25, -0.2) is 0 Å². The molecule has 0 bridgehead atoms. The van der Waals surface area contributed by atoms with Gasteiger partial charge in [-0.1, -0.05) is 23.4 Å². The van der Waals surface area contributed by atoms with Gasteiger partial charge in [0.1, 0.15) is 13.2 Å². The molecule has 2 amide bonds. The topological polar surface area (TPSA) is 110 Å². The maximum atomic E-state index is 13.0. The van der Waals surface area contributed by atoms with Crippen molar-refractivity contribution >= 4 is 17.5 Å². The van der Waals surface area contributed by atoms with Crippen molar-refractivity contribution in [2.24, 2.45) is 10.9 Å². The summed E-state index contributed by atoms with van der Waals surface area (Å²) in [5, 5.41) is 6.67. The van der Waals surface area contributed by atoms with E-state index in [0.717, 1.165) is 11.3 Å². The minimum Gasteiger partial charge on any atom is -0.399 e. The molecule has 3 rings (SSSR count). The number of nitrogens with zero attached hydrogens (tertiary/aromatic N) is 3. The number of likely N-dealkylation sites (tertiary alicyclic amines) is 1. The number of pyridine rings is 1. The Hall–Kier alpha value is -3.26. The van der Waals surface area contributed by atoms with Crippen LogP contribution in [-0.2, 0) is 9.63 Å². The van der Waals surface area contributed by atoms with E-state index in [1.54, 1.807) is 18.3 Å². The van der Waals surface area contributed by atoms with Crippen molar-refractivity contribution in [2.45, 2.75) is 12.5 Å². The average Bonchev–Trinajstić information content (AvgIpc) is 3.16. The van der Waals surface area contributed by atoms with Crippen molar-refractivity contribution in [3.63, 3.8) is 0 Å². The van der Waals surface area contributed by atoms with Gasteiger partial charge in [0.2, 0.25) is 5.91 Å². The Morgan fingerprint density at radius 2 is 2.07 bits per heavy atom. The van der Waals surface area contributed by atoms with Crippen LogP contribution in [0.5, 0.6) is 0 Å². The smallest absolute Gasteiger partial charge is 0.254 e. The van der Waals surface area contributed by atoms with Crippen molar-refractivity contribution in [1.29, 1.82) is 0 Å². The highest BCUT2D eigenvalue weighted by Gasteiger charge is 2.38. The monoisotopic (exact) mass is 381 g/mol. The van der Waals surface area contributed by atoms with E-state index < -0.39 is 6.04 Å². The van der Waals surface area contributed by atoms with E-state index in [1.165, 1.54) is 12.0 Å². The summed E-state index contributed by atoms with van der Waals surface area (Å²) >= 11 is 0. The molecule has 8 heteroatoms. The number of nitrogens with one attached hydrogen (secondary N) is 1. The Labute approximate surface area is 163 Å². The molecule has 1 aliphatic rings. The fourth-order valence-corrected chi connectivity index (χ4v) is 3.14. The first kappa shape index (κ1) is 19.5. The van der Waals surface area contributed by atoms with Crippen molar-refractivity contribution < 1.29 is 14.4 Å². The molecule has 1 aromatic carbocycles. The lowest BCUT2D eigenvalue weighted by molar-refractivity contribution is -0.124. The number of aromatic nitrogens is 1. The third kappa shape index (κ3) is 4.34. The molecule has 146 valence electrons. The van der Waals surface area contributed by atoms with Gasteiger partial charge in [0.05, 0.1) is 18.0 Å². The molecule has 1 aliphatic heterocycles. The van der Waals surface area contributed by atoms with Crippen LogP contribution in [0.4, 0.5) is 0 Å². The molecular formula is C20H23N5O3. The molecule has 2 heterocycles. The van der Waals surface area contributed by atoms with Gasteiger partial charge in [-0.05, 0) is 24.3 Å². The van der Waals surface area contributed by atoms with Gasteiger partial charge in [0.25, 0.3) is 5.91 Å². The molecule has 0 saturated carbocycles. The number of benzene rings is 1. The van der Waals surface area contributed by atoms with Crippen molar-refractivity contribution in [3.05, 3.63) is 54.2 Å². The Kier molecular flexibility index (Phi) is 6.33. The van der Waals surface area contributed by atoms with Gasteiger partial charge in [0.15, 0.2) is 0 Å². The highest BCUT2D eigenvalue weighted by molar-refractivity contribution is 6.05. The second kappa shape index (κ2) is 9.09. The van der Waals surface area contributed by atoms with Crippen LogP contribution in [0, 0.1) is 0 Å². The molecule has 1 aromatic heterocycles. The zero-order valence-corrected chi connectivity index (χ0v) is 15.7. The quantitative estimate of drug-likeness (QED) is 0.727. The van der Waals surface area contributed by atoms with Crippen LogP contribution in [0.2, 0.25) is 0 Å². The lowest BCUT2D eigenvalue weighted by Gasteiger charge is -2.23. The first-order valence-corrected chi connectivity index (χ1v) is 9.03. The van der Waals surface area contributed by atoms with Crippen molar-refractivity contribution in [3.8, 4) is 11.3 Å². The standard InChI is InChI=1S/C20H23N5O3/c1-28-24-16-12-18(19(26)23-11-9-21)25(13-16)20(27)15-7-5-14(6-8-15)17-4-2-3-10-22-17/h2-8,10,18H,9,11-13,21H2,1H3,(H,23,26)/b24-16+/t18-/m0/s1. The fourth-order valence-electron chi connectivity index (χ4n) is 3.14. The summed E-state index contributed by atoms with van der Waals surface area (Å²) in [6, 6.07) is 12.2. The second-order valence-corrected chi connectivity index (χ2v) is 6.37. The number of amides is 2. The number of oxime groups is 1. The zero-order valence-electron chi connectivity index (χ0n) is 15.7. The molecule has 1 atom stereocenters. The molecule has 1 fully saturated rings. The molecule has 0 aliphatic carbocycles. The Balaban J connectivity index is 1.80. The second-order valence-electron chi connectivity index (χ2n) is 6.37. The van der Waals surface area contributed by atoms with Gasteiger partial charge < -0.3 is 20.8 Å². The predicted octanol–water partition coefficient (Wildman–Crippen LogP) is 1.04.